The lowest BCUT2D eigenvalue weighted by Gasteiger charge is -2.20. The zero-order chi connectivity index (χ0) is 19.8. The molecule has 2 heterocycles. The molecule has 5 heteroatoms. The normalized spacial score (nSPS) is 15.5. The number of hydrogen-bond acceptors (Lipinski definition) is 2. The van der Waals surface area contributed by atoms with E-state index in [1.165, 1.54) is 10.6 Å². The van der Waals surface area contributed by atoms with Crippen molar-refractivity contribution in [2.24, 2.45) is 0 Å². The Kier molecular flexibility index (Phi) is 5.26. The Morgan fingerprint density at radius 3 is 2.57 bits per heavy atom. The van der Waals surface area contributed by atoms with Crippen LogP contribution in [0.1, 0.15) is 37.4 Å². The Morgan fingerprint density at radius 1 is 1.18 bits per heavy atom. The number of pyridine rings is 1. The van der Waals surface area contributed by atoms with E-state index in [9.17, 15) is 9.90 Å². The van der Waals surface area contributed by atoms with E-state index in [0.29, 0.717) is 17.0 Å². The zero-order valence-corrected chi connectivity index (χ0v) is 17.5. The molecule has 0 fully saturated rings. The lowest BCUT2D eigenvalue weighted by Crippen LogP contribution is -2.10. The van der Waals surface area contributed by atoms with Crippen LogP contribution in [0.3, 0.4) is 0 Å². The molecular weight excluding hydrogens is 390 g/mol. The van der Waals surface area contributed by atoms with Gasteiger partial charge in [0.15, 0.2) is 0 Å². The predicted octanol–water partition coefficient (Wildman–Crippen LogP) is 6.57. The molecule has 3 aromatic rings. The molecule has 3 nitrogen and oxygen atoms in total. The summed E-state index contributed by atoms with van der Waals surface area (Å²) in [5.74, 6) is -0.812. The number of halogens is 1. The number of fused-ring (bicyclic) bond motifs is 3. The van der Waals surface area contributed by atoms with Crippen molar-refractivity contribution in [1.29, 1.82) is 0 Å². The number of benzene rings is 1. The molecule has 0 saturated carbocycles. The quantitative estimate of drug-likeness (QED) is 0.390. The van der Waals surface area contributed by atoms with Crippen LogP contribution >= 0.6 is 23.4 Å². The molecule has 0 aliphatic heterocycles. The van der Waals surface area contributed by atoms with Crippen molar-refractivity contribution in [2.45, 2.75) is 37.5 Å². The number of thioether (sulfide) groups is 1. The molecule has 1 aliphatic carbocycles. The highest BCUT2D eigenvalue weighted by Crippen LogP contribution is 2.46. The highest BCUT2D eigenvalue weighted by molar-refractivity contribution is 7.98. The zero-order valence-electron chi connectivity index (χ0n) is 16.0. The van der Waals surface area contributed by atoms with Crippen LogP contribution in [0, 0.1) is 0 Å². The molecule has 0 bridgehead atoms. The fourth-order valence-electron chi connectivity index (χ4n) is 4.33. The standard InChI is InChI=1S/C23H22ClNO2S/c1-3-16(23(26)27)17-6-4-7-18-21(17)20(14-9-11-15(24)12-10-14)22-19(28-2)8-5-13-25(18)22/h5,8-13H,3-4,6-7H2,1-2H3,(H,26,27)/b17-16-. The van der Waals surface area contributed by atoms with Gasteiger partial charge in [-0.25, -0.2) is 4.79 Å². The second-order valence-electron chi connectivity index (χ2n) is 6.97. The SMILES string of the molecule is CC/C(C(=O)O)=C1\CCCc2c1c(-c1ccc(Cl)cc1)c1c(SC)cccn21. The van der Waals surface area contributed by atoms with E-state index >= 15 is 0 Å². The molecule has 1 aromatic carbocycles. The number of carboxylic acids is 1. The van der Waals surface area contributed by atoms with Gasteiger partial charge in [-0.05, 0) is 67.3 Å². The van der Waals surface area contributed by atoms with Gasteiger partial charge in [0.2, 0.25) is 0 Å². The average molecular weight is 412 g/mol. The number of rotatable bonds is 4. The van der Waals surface area contributed by atoms with Gasteiger partial charge < -0.3 is 9.51 Å². The lowest BCUT2D eigenvalue weighted by atomic mass is 9.84. The Morgan fingerprint density at radius 2 is 1.93 bits per heavy atom. The Bertz CT molecular complexity index is 1100. The molecule has 0 spiro atoms. The summed E-state index contributed by atoms with van der Waals surface area (Å²) in [6.45, 7) is 1.93. The summed E-state index contributed by atoms with van der Waals surface area (Å²) in [5, 5.41) is 10.5. The number of nitrogens with zero attached hydrogens (tertiary/aromatic N) is 1. The van der Waals surface area contributed by atoms with E-state index in [2.05, 4.69) is 29.0 Å². The lowest BCUT2D eigenvalue weighted by molar-refractivity contribution is -0.132. The number of hydrogen-bond donors (Lipinski definition) is 1. The fraction of sp³-hybridized carbons (Fsp3) is 0.261. The first-order chi connectivity index (χ1) is 13.6. The third-order valence-corrected chi connectivity index (χ3v) is 6.52. The molecule has 1 aliphatic rings. The van der Waals surface area contributed by atoms with Gasteiger partial charge in [0.25, 0.3) is 0 Å². The van der Waals surface area contributed by atoms with Crippen molar-refractivity contribution in [1.82, 2.24) is 4.40 Å². The van der Waals surface area contributed by atoms with E-state index in [-0.39, 0.29) is 0 Å². The summed E-state index contributed by atoms with van der Waals surface area (Å²) in [7, 11) is 0. The van der Waals surface area contributed by atoms with E-state index in [1.54, 1.807) is 11.8 Å². The van der Waals surface area contributed by atoms with Crippen LogP contribution in [0.2, 0.25) is 5.02 Å². The number of aryl methyl sites for hydroxylation is 1. The molecule has 0 saturated heterocycles. The second kappa shape index (κ2) is 7.69. The van der Waals surface area contributed by atoms with Crippen molar-refractivity contribution in [2.75, 3.05) is 6.26 Å². The second-order valence-corrected chi connectivity index (χ2v) is 8.25. The van der Waals surface area contributed by atoms with Crippen molar-refractivity contribution in [3.8, 4) is 11.1 Å². The highest BCUT2D eigenvalue weighted by Gasteiger charge is 2.29. The first-order valence-electron chi connectivity index (χ1n) is 9.48. The molecule has 0 amide bonds. The van der Waals surface area contributed by atoms with E-state index < -0.39 is 5.97 Å². The Balaban J connectivity index is 2.17. The van der Waals surface area contributed by atoms with Gasteiger partial charge >= 0.3 is 5.97 Å². The summed E-state index contributed by atoms with van der Waals surface area (Å²) in [4.78, 5) is 13.2. The highest BCUT2D eigenvalue weighted by atomic mass is 35.5. The smallest absolute Gasteiger partial charge is 0.331 e. The van der Waals surface area contributed by atoms with E-state index in [4.69, 9.17) is 11.6 Å². The molecule has 2 aromatic heterocycles. The third kappa shape index (κ3) is 3.05. The maximum Gasteiger partial charge on any atom is 0.331 e. The van der Waals surface area contributed by atoms with Crippen molar-refractivity contribution in [3.05, 3.63) is 64.4 Å². The van der Waals surface area contributed by atoms with Crippen LogP contribution in [0.25, 0.3) is 22.2 Å². The minimum Gasteiger partial charge on any atom is -0.478 e. The van der Waals surface area contributed by atoms with Crippen LogP contribution < -0.4 is 0 Å². The van der Waals surface area contributed by atoms with Crippen LogP contribution in [0.15, 0.2) is 53.1 Å². The Hall–Kier alpha value is -2.17. The fourth-order valence-corrected chi connectivity index (χ4v) is 5.06. The number of carbonyl (C=O) groups is 1. The molecule has 4 rings (SSSR count). The van der Waals surface area contributed by atoms with Gasteiger partial charge in [-0.15, -0.1) is 11.8 Å². The van der Waals surface area contributed by atoms with Crippen LogP contribution in [-0.2, 0) is 11.2 Å². The average Bonchev–Trinajstić information content (AvgIpc) is 3.04. The summed E-state index contributed by atoms with van der Waals surface area (Å²) in [5.41, 5.74) is 7.18. The van der Waals surface area contributed by atoms with Gasteiger partial charge in [-0.1, -0.05) is 30.7 Å². The Labute approximate surface area is 174 Å². The van der Waals surface area contributed by atoms with Crippen molar-refractivity contribution in [3.63, 3.8) is 0 Å². The maximum absolute atomic E-state index is 12.0. The topological polar surface area (TPSA) is 41.7 Å². The van der Waals surface area contributed by atoms with E-state index in [1.807, 2.05) is 31.2 Å². The predicted molar refractivity (Wildman–Crippen MR) is 117 cm³/mol. The number of allylic oxidation sites excluding steroid dienone is 1. The summed E-state index contributed by atoms with van der Waals surface area (Å²) in [6, 6.07) is 12.1. The van der Waals surface area contributed by atoms with Crippen LogP contribution in [0.4, 0.5) is 0 Å². The van der Waals surface area contributed by atoms with Gasteiger partial charge in [-0.2, -0.15) is 0 Å². The maximum atomic E-state index is 12.0. The van der Waals surface area contributed by atoms with Gasteiger partial charge in [0.1, 0.15) is 0 Å². The van der Waals surface area contributed by atoms with Gasteiger partial charge in [0, 0.05) is 38.5 Å². The number of aliphatic carboxylic acids is 1. The monoisotopic (exact) mass is 411 g/mol. The molecular formula is C23H22ClNO2S. The minimum atomic E-state index is -0.812. The molecule has 28 heavy (non-hydrogen) atoms. The number of carboxylic acid groups (broad SMARTS) is 1. The summed E-state index contributed by atoms with van der Waals surface area (Å²) in [6.07, 6.45) is 7.41. The molecule has 0 unspecified atom stereocenters. The first-order valence-corrected chi connectivity index (χ1v) is 11.1. The summed E-state index contributed by atoms with van der Waals surface area (Å²) < 4.78 is 2.26. The number of aromatic nitrogens is 1. The first kappa shape index (κ1) is 19.2. The largest absolute Gasteiger partial charge is 0.478 e. The molecule has 144 valence electrons. The van der Waals surface area contributed by atoms with Gasteiger partial charge in [-0.3, -0.25) is 0 Å². The minimum absolute atomic E-state index is 0.520. The molecule has 0 radical (unpaired) electrons. The van der Waals surface area contributed by atoms with Crippen molar-refractivity contribution >= 4 is 40.4 Å². The summed E-state index contributed by atoms with van der Waals surface area (Å²) >= 11 is 7.86. The molecule has 1 N–H and O–H groups in total. The van der Waals surface area contributed by atoms with Crippen LogP contribution in [0.5, 0.6) is 0 Å². The molecule has 0 atom stereocenters. The van der Waals surface area contributed by atoms with Crippen LogP contribution in [-0.4, -0.2) is 21.7 Å². The third-order valence-electron chi connectivity index (χ3n) is 5.49. The van der Waals surface area contributed by atoms with Crippen molar-refractivity contribution < 1.29 is 9.90 Å². The van der Waals surface area contributed by atoms with E-state index in [0.717, 1.165) is 47.0 Å². The van der Waals surface area contributed by atoms with Gasteiger partial charge in [0.05, 0.1) is 5.52 Å².